The Morgan fingerprint density at radius 3 is 2.16 bits per heavy atom. The van der Waals surface area contributed by atoms with Crippen molar-refractivity contribution in [2.45, 2.75) is 39.9 Å². The Hall–Kier alpha value is -0.413. The van der Waals surface area contributed by atoms with Crippen LogP contribution in [0.2, 0.25) is 19.6 Å². The molecule has 0 amide bonds. The van der Waals surface area contributed by atoms with Crippen molar-refractivity contribution in [1.29, 1.82) is 0 Å². The summed E-state index contributed by atoms with van der Waals surface area (Å²) < 4.78 is 24.3. The quantitative estimate of drug-likeness (QED) is 0.517. The van der Waals surface area contributed by atoms with Gasteiger partial charge in [0.05, 0.1) is 21.3 Å². The zero-order valence-electron chi connectivity index (χ0n) is 12.6. The minimum atomic E-state index is -3.16. The first-order chi connectivity index (χ1) is 8.85. The summed E-state index contributed by atoms with van der Waals surface area (Å²) in [5.41, 5.74) is 1.10. The SMILES string of the molecule is CCOP(=O)(OCC)/C(=C1/C=CC=CC1)[Si](C)(C)C. The molecule has 108 valence electrons. The molecule has 0 saturated heterocycles. The summed E-state index contributed by atoms with van der Waals surface area (Å²) in [6.45, 7) is 11.1. The summed E-state index contributed by atoms with van der Waals surface area (Å²) in [7, 11) is -4.97. The Morgan fingerprint density at radius 1 is 1.21 bits per heavy atom. The van der Waals surface area contributed by atoms with Crippen molar-refractivity contribution in [3.05, 3.63) is 34.8 Å². The number of allylic oxidation sites excluding steroid dienone is 5. The lowest BCUT2D eigenvalue weighted by Gasteiger charge is -2.30. The molecule has 0 unspecified atom stereocenters. The molecule has 0 bridgehead atoms. The van der Waals surface area contributed by atoms with Gasteiger partial charge in [-0.3, -0.25) is 4.57 Å². The van der Waals surface area contributed by atoms with E-state index in [9.17, 15) is 4.57 Å². The standard InChI is InChI=1S/C14H25O3PSi/c1-6-16-18(15,17-7-2)14(19(3,4)5)13-11-9-8-10-12-13/h8-11H,6-7,12H2,1-5H3/b14-13+. The van der Waals surface area contributed by atoms with Crippen LogP contribution < -0.4 is 0 Å². The smallest absolute Gasteiger partial charge is 0.306 e. The number of rotatable bonds is 6. The monoisotopic (exact) mass is 300 g/mol. The van der Waals surface area contributed by atoms with Gasteiger partial charge < -0.3 is 9.05 Å². The Labute approximate surface area is 117 Å². The molecule has 0 atom stereocenters. The van der Waals surface area contributed by atoms with Gasteiger partial charge in [0.1, 0.15) is 0 Å². The first-order valence-electron chi connectivity index (χ1n) is 6.81. The van der Waals surface area contributed by atoms with E-state index in [0.717, 1.165) is 16.9 Å². The number of hydrogen-bond donors (Lipinski definition) is 0. The highest BCUT2D eigenvalue weighted by Gasteiger charge is 2.40. The molecule has 0 aromatic heterocycles. The Bertz CT molecular complexity index is 434. The third kappa shape index (κ3) is 4.28. The van der Waals surface area contributed by atoms with Gasteiger partial charge in [-0.15, -0.1) is 0 Å². The molecule has 0 spiro atoms. The molecule has 5 heteroatoms. The molecule has 0 aromatic carbocycles. The van der Waals surface area contributed by atoms with E-state index in [1.807, 2.05) is 32.1 Å². The van der Waals surface area contributed by atoms with E-state index in [2.05, 4.69) is 25.7 Å². The van der Waals surface area contributed by atoms with Crippen LogP contribution in [0.1, 0.15) is 20.3 Å². The molecule has 0 radical (unpaired) electrons. The second-order valence-electron chi connectivity index (χ2n) is 5.45. The third-order valence-corrected chi connectivity index (χ3v) is 9.38. The predicted molar refractivity (Wildman–Crippen MR) is 84.1 cm³/mol. The molecule has 19 heavy (non-hydrogen) atoms. The molecule has 1 rings (SSSR count). The van der Waals surface area contributed by atoms with Gasteiger partial charge >= 0.3 is 7.60 Å². The van der Waals surface area contributed by atoms with Crippen molar-refractivity contribution in [1.82, 2.24) is 0 Å². The molecule has 0 fully saturated rings. The summed E-state index contributed by atoms with van der Waals surface area (Å²) in [5, 5.41) is 0. The summed E-state index contributed by atoms with van der Waals surface area (Å²) in [6.07, 6.45) is 8.93. The Morgan fingerprint density at radius 2 is 1.79 bits per heavy atom. The average molecular weight is 300 g/mol. The highest BCUT2D eigenvalue weighted by atomic mass is 31.2. The minimum Gasteiger partial charge on any atom is -0.306 e. The first-order valence-corrected chi connectivity index (χ1v) is 11.9. The normalized spacial score (nSPS) is 18.8. The zero-order valence-corrected chi connectivity index (χ0v) is 14.5. The minimum absolute atomic E-state index is 0.401. The van der Waals surface area contributed by atoms with E-state index in [-0.39, 0.29) is 0 Å². The summed E-state index contributed by atoms with van der Waals surface area (Å²) in [4.78, 5) is 0.935. The molecule has 0 heterocycles. The van der Waals surface area contributed by atoms with Gasteiger partial charge in [-0.05, 0) is 25.8 Å². The molecule has 1 aliphatic rings. The maximum absolute atomic E-state index is 13.1. The highest BCUT2D eigenvalue weighted by Crippen LogP contribution is 2.60. The van der Waals surface area contributed by atoms with Crippen molar-refractivity contribution in [3.8, 4) is 0 Å². The van der Waals surface area contributed by atoms with Gasteiger partial charge in [0, 0.05) is 4.94 Å². The molecular formula is C14H25O3PSi. The largest absolute Gasteiger partial charge is 0.353 e. The summed E-state index contributed by atoms with van der Waals surface area (Å²) in [5.74, 6) is 0. The molecule has 3 nitrogen and oxygen atoms in total. The highest BCUT2D eigenvalue weighted by molar-refractivity contribution is 7.62. The Kier molecular flexibility index (Phi) is 6.00. The summed E-state index contributed by atoms with van der Waals surface area (Å²) >= 11 is 0. The van der Waals surface area contributed by atoms with Gasteiger partial charge in [-0.1, -0.05) is 43.9 Å². The summed E-state index contributed by atoms with van der Waals surface area (Å²) in [6, 6.07) is 0. The third-order valence-electron chi connectivity index (χ3n) is 2.77. The van der Waals surface area contributed by atoms with Crippen molar-refractivity contribution >= 4 is 15.7 Å². The molecule has 1 aliphatic carbocycles. The molecule has 0 N–H and O–H groups in total. The van der Waals surface area contributed by atoms with Gasteiger partial charge in [-0.2, -0.15) is 0 Å². The van der Waals surface area contributed by atoms with Gasteiger partial charge in [0.15, 0.2) is 0 Å². The van der Waals surface area contributed by atoms with E-state index in [1.54, 1.807) is 0 Å². The van der Waals surface area contributed by atoms with Crippen LogP contribution in [0.15, 0.2) is 34.8 Å². The molecular weight excluding hydrogens is 275 g/mol. The fourth-order valence-corrected chi connectivity index (χ4v) is 8.62. The topological polar surface area (TPSA) is 35.5 Å². The second kappa shape index (κ2) is 6.85. The van der Waals surface area contributed by atoms with Crippen LogP contribution in [0.3, 0.4) is 0 Å². The van der Waals surface area contributed by atoms with E-state index >= 15 is 0 Å². The van der Waals surface area contributed by atoms with Gasteiger partial charge in [0.25, 0.3) is 0 Å². The lowest BCUT2D eigenvalue weighted by Crippen LogP contribution is -2.27. The fraction of sp³-hybridized carbons (Fsp3) is 0.571. The van der Waals surface area contributed by atoms with Gasteiger partial charge in [0.2, 0.25) is 0 Å². The van der Waals surface area contributed by atoms with E-state index in [4.69, 9.17) is 9.05 Å². The van der Waals surface area contributed by atoms with Crippen LogP contribution in [0.5, 0.6) is 0 Å². The number of hydrogen-bond acceptors (Lipinski definition) is 3. The lowest BCUT2D eigenvalue weighted by molar-refractivity contribution is 0.227. The van der Waals surface area contributed by atoms with Gasteiger partial charge in [-0.25, -0.2) is 0 Å². The second-order valence-corrected chi connectivity index (χ2v) is 12.8. The van der Waals surface area contributed by atoms with Crippen LogP contribution >= 0.6 is 7.60 Å². The molecule has 0 aliphatic heterocycles. The van der Waals surface area contributed by atoms with Crippen molar-refractivity contribution < 1.29 is 13.6 Å². The molecule has 0 saturated carbocycles. The first kappa shape index (κ1) is 16.6. The van der Waals surface area contributed by atoms with E-state index in [0.29, 0.717) is 13.2 Å². The zero-order chi connectivity index (χ0) is 14.5. The lowest BCUT2D eigenvalue weighted by atomic mass is 10.1. The van der Waals surface area contributed by atoms with Crippen LogP contribution in [-0.4, -0.2) is 21.3 Å². The van der Waals surface area contributed by atoms with Crippen LogP contribution in [0.4, 0.5) is 0 Å². The van der Waals surface area contributed by atoms with E-state index in [1.165, 1.54) is 0 Å². The van der Waals surface area contributed by atoms with Crippen LogP contribution in [0.25, 0.3) is 0 Å². The molecule has 0 aromatic rings. The maximum atomic E-state index is 13.1. The van der Waals surface area contributed by atoms with Crippen LogP contribution in [0, 0.1) is 0 Å². The van der Waals surface area contributed by atoms with Crippen molar-refractivity contribution in [3.63, 3.8) is 0 Å². The van der Waals surface area contributed by atoms with Crippen molar-refractivity contribution in [2.24, 2.45) is 0 Å². The predicted octanol–water partition coefficient (Wildman–Crippen LogP) is 4.90. The Balaban J connectivity index is 3.35. The fourth-order valence-electron chi connectivity index (χ4n) is 2.26. The van der Waals surface area contributed by atoms with Crippen molar-refractivity contribution in [2.75, 3.05) is 13.2 Å². The average Bonchev–Trinajstić information content (AvgIpc) is 2.28. The maximum Gasteiger partial charge on any atom is 0.353 e. The van der Waals surface area contributed by atoms with E-state index < -0.39 is 15.7 Å². The van der Waals surface area contributed by atoms with Crippen LogP contribution in [-0.2, 0) is 13.6 Å².